The third kappa shape index (κ3) is 7.95. The van der Waals surface area contributed by atoms with Gasteiger partial charge in [-0.3, -0.25) is 4.79 Å². The second-order valence-electron chi connectivity index (χ2n) is 11.0. The van der Waals surface area contributed by atoms with E-state index in [9.17, 15) is 17.6 Å². The molecule has 0 bridgehead atoms. The average Bonchev–Trinajstić information content (AvgIpc) is 3.39. The Morgan fingerprint density at radius 2 is 1.80 bits per heavy atom. The van der Waals surface area contributed by atoms with E-state index in [4.69, 9.17) is 27.9 Å². The van der Waals surface area contributed by atoms with Crippen LogP contribution in [-0.2, 0) is 19.6 Å². The number of nitrogens with one attached hydrogen (secondary N) is 1. The highest BCUT2D eigenvalue weighted by molar-refractivity contribution is 7.89. The first kappa shape index (κ1) is 31.2. The molecule has 2 aromatic rings. The molecular weight excluding hydrogens is 576 g/mol. The number of halogens is 3. The molecule has 1 heterocycles. The van der Waals surface area contributed by atoms with Crippen molar-refractivity contribution in [2.24, 2.45) is 11.8 Å². The Morgan fingerprint density at radius 3 is 2.45 bits per heavy atom. The van der Waals surface area contributed by atoms with Crippen molar-refractivity contribution in [3.8, 4) is 0 Å². The fraction of sp³-hybridized carbons (Fsp3) is 0.552. The molecule has 2 unspecified atom stereocenters. The van der Waals surface area contributed by atoms with Gasteiger partial charge >= 0.3 is 0 Å². The van der Waals surface area contributed by atoms with Crippen LogP contribution in [0.4, 0.5) is 4.39 Å². The molecule has 2 atom stereocenters. The number of amides is 1. The predicted molar refractivity (Wildman–Crippen MR) is 155 cm³/mol. The van der Waals surface area contributed by atoms with Crippen LogP contribution in [0.15, 0.2) is 47.4 Å². The summed E-state index contributed by atoms with van der Waals surface area (Å²) in [7, 11) is 0.385. The van der Waals surface area contributed by atoms with Crippen LogP contribution in [0, 0.1) is 17.7 Å². The zero-order chi connectivity index (χ0) is 28.9. The standard InChI is InChI=1S/C29H38Cl2FN3O4S/c1-34(2)29(22-7-10-24(32)11-8-22)21-5-3-20(4-6-21)13-15-33-28(36)19-39-25-14-16-35(18-25)40(37,38)27-12-9-23(30)17-26(27)31/h7-12,17,20-21,25,29H,3-6,13-16,18-19H2,1-2H3,(H,33,36). The average molecular weight is 615 g/mol. The first-order valence-corrected chi connectivity index (χ1v) is 16.0. The second-order valence-corrected chi connectivity index (χ2v) is 13.8. The molecule has 2 fully saturated rings. The van der Waals surface area contributed by atoms with Crippen molar-refractivity contribution in [3.05, 3.63) is 63.9 Å². The van der Waals surface area contributed by atoms with Gasteiger partial charge in [0, 0.05) is 30.7 Å². The summed E-state index contributed by atoms with van der Waals surface area (Å²) < 4.78 is 46.4. The lowest BCUT2D eigenvalue weighted by molar-refractivity contribution is -0.127. The van der Waals surface area contributed by atoms with Gasteiger partial charge in [0.2, 0.25) is 15.9 Å². The summed E-state index contributed by atoms with van der Waals surface area (Å²) in [6.45, 7) is 0.956. The normalized spacial score (nSPS) is 22.9. The Kier molecular flexibility index (Phi) is 10.9. The van der Waals surface area contributed by atoms with Crippen molar-refractivity contribution < 1.29 is 22.3 Å². The van der Waals surface area contributed by atoms with Crippen molar-refractivity contribution in [2.75, 3.05) is 40.3 Å². The van der Waals surface area contributed by atoms with Gasteiger partial charge in [0.15, 0.2) is 0 Å². The molecule has 11 heteroatoms. The zero-order valence-electron chi connectivity index (χ0n) is 23.0. The summed E-state index contributed by atoms with van der Waals surface area (Å²) in [6, 6.07) is 11.4. The maximum atomic E-state index is 13.4. The number of benzene rings is 2. The largest absolute Gasteiger partial charge is 0.367 e. The van der Waals surface area contributed by atoms with E-state index in [0.717, 1.165) is 37.7 Å². The number of ether oxygens (including phenoxy) is 1. The second kappa shape index (κ2) is 13.9. The third-order valence-corrected chi connectivity index (χ3v) is 10.6. The molecule has 1 N–H and O–H groups in total. The Hall–Kier alpha value is -1.75. The van der Waals surface area contributed by atoms with Gasteiger partial charge in [0.25, 0.3) is 0 Å². The lowest BCUT2D eigenvalue weighted by Gasteiger charge is -2.37. The van der Waals surface area contributed by atoms with Gasteiger partial charge in [-0.25, -0.2) is 12.8 Å². The van der Waals surface area contributed by atoms with E-state index in [-0.39, 0.29) is 46.9 Å². The highest BCUT2D eigenvalue weighted by Gasteiger charge is 2.35. The van der Waals surface area contributed by atoms with Crippen molar-refractivity contribution in [1.29, 1.82) is 0 Å². The lowest BCUT2D eigenvalue weighted by Crippen LogP contribution is -2.34. The van der Waals surface area contributed by atoms with E-state index >= 15 is 0 Å². The van der Waals surface area contributed by atoms with Gasteiger partial charge in [0.05, 0.1) is 11.1 Å². The van der Waals surface area contributed by atoms with Gasteiger partial charge < -0.3 is 15.0 Å². The van der Waals surface area contributed by atoms with E-state index in [0.29, 0.717) is 36.4 Å². The summed E-state index contributed by atoms with van der Waals surface area (Å²) in [5.41, 5.74) is 1.15. The molecule has 1 saturated heterocycles. The third-order valence-electron chi connectivity index (χ3n) is 8.05. The van der Waals surface area contributed by atoms with Crippen molar-refractivity contribution in [3.63, 3.8) is 0 Å². The molecule has 0 radical (unpaired) electrons. The van der Waals surface area contributed by atoms with Crippen LogP contribution < -0.4 is 5.32 Å². The topological polar surface area (TPSA) is 79.0 Å². The Morgan fingerprint density at radius 1 is 1.10 bits per heavy atom. The molecular formula is C29H38Cl2FN3O4S. The molecule has 40 heavy (non-hydrogen) atoms. The van der Waals surface area contributed by atoms with E-state index in [1.807, 2.05) is 12.1 Å². The number of hydrogen-bond donors (Lipinski definition) is 1. The highest BCUT2D eigenvalue weighted by Crippen LogP contribution is 2.40. The van der Waals surface area contributed by atoms with Crippen LogP contribution >= 0.6 is 23.2 Å². The SMILES string of the molecule is CN(C)C(c1ccc(F)cc1)C1CCC(CCNC(=O)COC2CCN(S(=O)(=O)c3ccc(Cl)cc3Cl)C2)CC1. The fourth-order valence-electron chi connectivity index (χ4n) is 5.98. The molecule has 0 aromatic heterocycles. The first-order valence-electron chi connectivity index (χ1n) is 13.8. The molecule has 2 aliphatic rings. The Labute approximate surface area is 247 Å². The maximum Gasteiger partial charge on any atom is 0.246 e. The van der Waals surface area contributed by atoms with Crippen molar-refractivity contribution in [1.82, 2.24) is 14.5 Å². The van der Waals surface area contributed by atoms with Crippen LogP contribution in [0.1, 0.15) is 50.1 Å². The molecule has 1 aliphatic carbocycles. The summed E-state index contributed by atoms with van der Waals surface area (Å²) in [6.07, 6.45) is 5.48. The lowest BCUT2D eigenvalue weighted by atomic mass is 9.75. The molecule has 1 saturated carbocycles. The number of hydrogen-bond acceptors (Lipinski definition) is 5. The monoisotopic (exact) mass is 613 g/mol. The number of carbonyl (C=O) groups excluding carboxylic acids is 1. The zero-order valence-corrected chi connectivity index (χ0v) is 25.3. The molecule has 7 nitrogen and oxygen atoms in total. The minimum absolute atomic E-state index is 0.0127. The van der Waals surface area contributed by atoms with E-state index in [1.165, 1.54) is 34.6 Å². The van der Waals surface area contributed by atoms with Crippen molar-refractivity contribution >= 4 is 39.1 Å². The van der Waals surface area contributed by atoms with Gasteiger partial charge in [-0.1, -0.05) is 48.2 Å². The van der Waals surface area contributed by atoms with Gasteiger partial charge in [0.1, 0.15) is 17.3 Å². The fourth-order valence-corrected chi connectivity index (χ4v) is 8.21. The smallest absolute Gasteiger partial charge is 0.246 e. The minimum Gasteiger partial charge on any atom is -0.367 e. The minimum atomic E-state index is -3.77. The van der Waals surface area contributed by atoms with E-state index in [2.05, 4.69) is 24.3 Å². The molecule has 220 valence electrons. The molecule has 1 amide bonds. The molecule has 2 aromatic carbocycles. The van der Waals surface area contributed by atoms with Crippen LogP contribution in [-0.4, -0.2) is 70.0 Å². The van der Waals surface area contributed by atoms with Gasteiger partial charge in [-0.15, -0.1) is 0 Å². The van der Waals surface area contributed by atoms with Crippen molar-refractivity contribution in [2.45, 2.75) is 55.6 Å². The maximum absolute atomic E-state index is 13.4. The highest BCUT2D eigenvalue weighted by atomic mass is 35.5. The Bertz CT molecular complexity index is 1250. The number of rotatable bonds is 11. The quantitative estimate of drug-likeness (QED) is 0.361. The Balaban J connectivity index is 1.15. The predicted octanol–water partition coefficient (Wildman–Crippen LogP) is 5.53. The summed E-state index contributed by atoms with van der Waals surface area (Å²) in [4.78, 5) is 14.6. The van der Waals surface area contributed by atoms with Crippen LogP contribution in [0.3, 0.4) is 0 Å². The summed E-state index contributed by atoms with van der Waals surface area (Å²) in [5.74, 6) is 0.668. The molecule has 1 aliphatic heterocycles. The number of carbonyl (C=O) groups is 1. The molecule has 4 rings (SSSR count). The summed E-state index contributed by atoms with van der Waals surface area (Å²) in [5, 5.41) is 3.39. The van der Waals surface area contributed by atoms with Crippen LogP contribution in [0.5, 0.6) is 0 Å². The molecule has 0 spiro atoms. The van der Waals surface area contributed by atoms with Gasteiger partial charge in [-0.05, 0) is 87.5 Å². The van der Waals surface area contributed by atoms with Crippen LogP contribution in [0.2, 0.25) is 10.0 Å². The number of nitrogens with zero attached hydrogens (tertiary/aromatic N) is 2. The van der Waals surface area contributed by atoms with E-state index in [1.54, 1.807) is 0 Å². The van der Waals surface area contributed by atoms with Crippen LogP contribution in [0.25, 0.3) is 0 Å². The van der Waals surface area contributed by atoms with E-state index < -0.39 is 10.0 Å². The summed E-state index contributed by atoms with van der Waals surface area (Å²) >= 11 is 12.0. The van der Waals surface area contributed by atoms with Gasteiger partial charge in [-0.2, -0.15) is 4.31 Å². The first-order chi connectivity index (χ1) is 19.0. The number of sulfonamides is 1.